The third-order valence-electron chi connectivity index (χ3n) is 3.63. The fourth-order valence-corrected chi connectivity index (χ4v) is 6.34. The van der Waals surface area contributed by atoms with Crippen molar-refractivity contribution in [1.82, 2.24) is 0 Å². The molecule has 1 fully saturated rings. The molecule has 0 aromatic heterocycles. The van der Waals surface area contributed by atoms with Gasteiger partial charge in [-0.25, -0.2) is 27.4 Å². The molecule has 0 aliphatic heterocycles. The van der Waals surface area contributed by atoms with E-state index in [0.717, 1.165) is 9.47 Å². The van der Waals surface area contributed by atoms with E-state index in [-0.39, 0.29) is 0 Å². The van der Waals surface area contributed by atoms with Gasteiger partial charge in [0.25, 0.3) is 0 Å². The van der Waals surface area contributed by atoms with Crippen LogP contribution >= 0.6 is 56.4 Å². The van der Waals surface area contributed by atoms with Crippen LogP contribution in [0.1, 0.15) is 0 Å². The molecule has 31 heteroatoms. The standard InChI is InChI=1S/C6H19O24P7/c7-32(8,9)24-1-2(25-33(10,11)12)4(27-35(16,17)18)6(29-37(22,23)30-31)5(28-36(19,20)21)3(1)26-34(13,14)15/h1-6H,31H2,(H,22,23)(H2,7,8,9)(H2,10,11,12)(H2,13,14,15)(H2,16,17,18)(H2,19,20,21)/t1?,2-,3+,4-,5-,6?/m0/s1. The highest BCUT2D eigenvalue weighted by Gasteiger charge is 2.62. The Hall–Kier alpha value is 1.09. The van der Waals surface area contributed by atoms with Crippen molar-refractivity contribution in [2.24, 2.45) is 0 Å². The zero-order chi connectivity index (χ0) is 29.4. The van der Waals surface area contributed by atoms with Crippen molar-refractivity contribution >= 4 is 56.4 Å². The zero-order valence-electron chi connectivity index (χ0n) is 17.0. The summed E-state index contributed by atoms with van der Waals surface area (Å²) in [6.45, 7) is 0. The van der Waals surface area contributed by atoms with Gasteiger partial charge in [-0.1, -0.05) is 0 Å². The summed E-state index contributed by atoms with van der Waals surface area (Å²) >= 11 is 0. The highest BCUT2D eigenvalue weighted by molar-refractivity contribution is 7.52. The second kappa shape index (κ2) is 12.5. The summed E-state index contributed by atoms with van der Waals surface area (Å²) in [5, 5.41) is 0. The quantitative estimate of drug-likeness (QED) is 0.0902. The van der Waals surface area contributed by atoms with E-state index in [1.54, 1.807) is 0 Å². The van der Waals surface area contributed by atoms with E-state index in [1.807, 2.05) is 0 Å². The average molecular weight is 692 g/mol. The van der Waals surface area contributed by atoms with Crippen LogP contribution in [0.5, 0.6) is 0 Å². The molecule has 0 bridgehead atoms. The van der Waals surface area contributed by atoms with E-state index >= 15 is 0 Å². The Bertz CT molecular complexity index is 1010. The second-order valence-corrected chi connectivity index (χ2v) is 14.4. The van der Waals surface area contributed by atoms with Gasteiger partial charge in [-0.3, -0.25) is 31.5 Å². The number of rotatable bonds is 13. The molecular weight excluding hydrogens is 673 g/mol. The number of phosphoric ester groups is 6. The van der Waals surface area contributed by atoms with E-state index in [0.29, 0.717) is 0 Å². The van der Waals surface area contributed by atoms with E-state index in [9.17, 15) is 81.2 Å². The van der Waals surface area contributed by atoms with Crippen molar-refractivity contribution in [2.45, 2.75) is 36.6 Å². The smallest absolute Gasteiger partial charge is 0.303 e. The summed E-state index contributed by atoms with van der Waals surface area (Å²) in [6.07, 6.45) is -18.5. The Labute approximate surface area is 206 Å². The molecule has 11 N–H and O–H groups in total. The van der Waals surface area contributed by atoms with Crippen LogP contribution < -0.4 is 0 Å². The summed E-state index contributed by atoms with van der Waals surface area (Å²) in [7, 11) is -34.4. The Kier molecular flexibility index (Phi) is 12.2. The highest BCUT2D eigenvalue weighted by Crippen LogP contribution is 2.58. The first kappa shape index (κ1) is 36.1. The first-order chi connectivity index (χ1) is 16.1. The molecule has 24 nitrogen and oxygen atoms in total. The van der Waals surface area contributed by atoms with Crippen LogP contribution in [-0.4, -0.2) is 90.5 Å². The van der Waals surface area contributed by atoms with Crippen LogP contribution in [0.4, 0.5) is 0 Å². The van der Waals surface area contributed by atoms with Crippen LogP contribution in [0.15, 0.2) is 0 Å². The maximum Gasteiger partial charge on any atom is 0.475 e. The van der Waals surface area contributed by atoms with Crippen molar-refractivity contribution < 1.29 is 113 Å². The molecule has 8 atom stereocenters. The van der Waals surface area contributed by atoms with Gasteiger partial charge in [0.1, 0.15) is 36.6 Å². The lowest BCUT2D eigenvalue weighted by molar-refractivity contribution is -0.201. The minimum atomic E-state index is -6.00. The molecular formula is C6H19O24P7. The van der Waals surface area contributed by atoms with Gasteiger partial charge >= 0.3 is 46.9 Å². The van der Waals surface area contributed by atoms with E-state index in [1.165, 1.54) is 0 Å². The molecule has 1 saturated carbocycles. The summed E-state index contributed by atoms with van der Waals surface area (Å²) < 4.78 is 98.8. The molecule has 0 aromatic rings. The predicted octanol–water partition coefficient (Wildman–Crippen LogP) is -2.32. The molecule has 0 amide bonds. The Morgan fingerprint density at radius 2 is 0.541 bits per heavy atom. The van der Waals surface area contributed by atoms with Crippen LogP contribution in [0.3, 0.4) is 0 Å². The van der Waals surface area contributed by atoms with Crippen LogP contribution in [0, 0.1) is 0 Å². The monoisotopic (exact) mass is 692 g/mol. The van der Waals surface area contributed by atoms with Gasteiger partial charge in [-0.05, 0) is 0 Å². The third-order valence-corrected chi connectivity index (χ3v) is 7.79. The normalized spacial score (nSPS) is 30.2. The molecule has 1 aliphatic carbocycles. The van der Waals surface area contributed by atoms with Gasteiger partial charge in [0, 0.05) is 9.47 Å². The Morgan fingerprint density at radius 3 is 0.676 bits per heavy atom. The number of hydrogen-bond donors (Lipinski definition) is 11. The minimum Gasteiger partial charge on any atom is -0.303 e. The molecule has 1 rings (SSSR count). The second-order valence-electron chi connectivity index (χ2n) is 6.45. The molecule has 0 aromatic carbocycles. The average Bonchev–Trinajstić information content (AvgIpc) is 2.59. The Balaban J connectivity index is 4.07. The maximum absolute atomic E-state index is 12.0. The predicted molar refractivity (Wildman–Crippen MR) is 110 cm³/mol. The SMILES string of the molecule is O=P(O)(O)OC1[C@@H](OP(=O)(O)O)[C@H](OP(=O)(O)O)C(OP(=O)(O)OP)[C@@H](OP(=O)(O)O)[C@H]1OP(=O)(O)O. The van der Waals surface area contributed by atoms with Crippen LogP contribution in [0.2, 0.25) is 0 Å². The maximum atomic E-state index is 12.0. The van der Waals surface area contributed by atoms with Crippen LogP contribution in [-0.2, 0) is 58.8 Å². The molecule has 0 spiro atoms. The zero-order valence-corrected chi connectivity index (χ0v) is 23.5. The van der Waals surface area contributed by atoms with Crippen molar-refractivity contribution in [1.29, 1.82) is 0 Å². The van der Waals surface area contributed by atoms with E-state index in [2.05, 4.69) is 31.5 Å². The fraction of sp³-hybridized carbons (Fsp3) is 1.00. The third kappa shape index (κ3) is 13.5. The molecule has 222 valence electrons. The van der Waals surface area contributed by atoms with E-state index < -0.39 is 83.6 Å². The summed E-state index contributed by atoms with van der Waals surface area (Å²) in [4.78, 5) is 102. The summed E-state index contributed by atoms with van der Waals surface area (Å²) in [5.74, 6) is 0. The molecule has 1 aliphatic rings. The molecule has 0 saturated heterocycles. The van der Waals surface area contributed by atoms with Gasteiger partial charge < -0.3 is 53.8 Å². The fourth-order valence-electron chi connectivity index (χ4n) is 2.81. The highest BCUT2D eigenvalue weighted by atomic mass is 31.2. The number of phosphoric acid groups is 6. The van der Waals surface area contributed by atoms with Gasteiger partial charge in [-0.15, -0.1) is 0 Å². The van der Waals surface area contributed by atoms with Crippen molar-refractivity contribution in [2.75, 3.05) is 0 Å². The van der Waals surface area contributed by atoms with Gasteiger partial charge in [0.15, 0.2) is 0 Å². The van der Waals surface area contributed by atoms with Gasteiger partial charge in [-0.2, -0.15) is 0 Å². The van der Waals surface area contributed by atoms with Crippen molar-refractivity contribution in [3.05, 3.63) is 0 Å². The Morgan fingerprint density at radius 1 is 0.378 bits per heavy atom. The lowest BCUT2D eigenvalue weighted by atomic mass is 9.85. The summed E-state index contributed by atoms with van der Waals surface area (Å²) in [6, 6.07) is 0. The summed E-state index contributed by atoms with van der Waals surface area (Å²) in [5.41, 5.74) is 0. The molecule has 4 unspecified atom stereocenters. The van der Waals surface area contributed by atoms with E-state index in [4.69, 9.17) is 0 Å². The lowest BCUT2D eigenvalue weighted by Crippen LogP contribution is -2.66. The van der Waals surface area contributed by atoms with Gasteiger partial charge in [0.05, 0.1) is 0 Å². The topological polar surface area (TPSA) is 390 Å². The first-order valence-corrected chi connectivity index (χ1v) is 17.8. The van der Waals surface area contributed by atoms with Crippen molar-refractivity contribution in [3.8, 4) is 0 Å². The minimum absolute atomic E-state index is 1.14. The molecule has 0 heterocycles. The molecule has 0 radical (unpaired) electrons. The number of hydrogen-bond acceptors (Lipinski definition) is 13. The molecule has 37 heavy (non-hydrogen) atoms. The van der Waals surface area contributed by atoms with Gasteiger partial charge in [0.2, 0.25) is 0 Å². The largest absolute Gasteiger partial charge is 0.475 e. The van der Waals surface area contributed by atoms with Crippen molar-refractivity contribution in [3.63, 3.8) is 0 Å². The lowest BCUT2D eigenvalue weighted by Gasteiger charge is -2.48. The first-order valence-electron chi connectivity index (χ1n) is 8.22. The van der Waals surface area contributed by atoms with Crippen LogP contribution in [0.25, 0.3) is 0 Å².